The maximum Gasteiger partial charge on any atom is 0.305 e. The van der Waals surface area contributed by atoms with Gasteiger partial charge in [-0.15, -0.1) is 0 Å². The van der Waals surface area contributed by atoms with Gasteiger partial charge in [0.2, 0.25) is 5.91 Å². The molecule has 0 aliphatic heterocycles. The van der Waals surface area contributed by atoms with Gasteiger partial charge in [0.15, 0.2) is 0 Å². The topological polar surface area (TPSA) is 95.9 Å². The molecular weight excluding hydrogens is 863 g/mol. The molecule has 0 rings (SSSR count). The fraction of sp³-hybridized carbons (Fsp3) is 0.938. The number of carbonyl (C=O) groups is 2. The molecule has 416 valence electrons. The number of aliphatic hydroxyl groups is 2. The summed E-state index contributed by atoms with van der Waals surface area (Å²) in [4.78, 5) is 24.5. The maximum atomic E-state index is 12.5. The number of aliphatic hydroxyl groups excluding tert-OH is 2. The lowest BCUT2D eigenvalue weighted by molar-refractivity contribution is -0.143. The van der Waals surface area contributed by atoms with E-state index in [9.17, 15) is 19.8 Å². The van der Waals surface area contributed by atoms with Gasteiger partial charge >= 0.3 is 5.97 Å². The molecule has 0 spiro atoms. The zero-order valence-electron chi connectivity index (χ0n) is 47.5. The average molecular weight is 989 g/mol. The van der Waals surface area contributed by atoms with Crippen molar-refractivity contribution in [3.8, 4) is 0 Å². The van der Waals surface area contributed by atoms with Crippen LogP contribution in [0.1, 0.15) is 361 Å². The van der Waals surface area contributed by atoms with E-state index in [4.69, 9.17) is 4.74 Å². The third-order valence-corrected chi connectivity index (χ3v) is 15.1. The lowest BCUT2D eigenvalue weighted by Crippen LogP contribution is -2.45. The lowest BCUT2D eigenvalue weighted by Gasteiger charge is -2.22. The number of hydrogen-bond donors (Lipinski definition) is 3. The van der Waals surface area contributed by atoms with E-state index in [1.54, 1.807) is 0 Å². The number of ether oxygens (including phenoxy) is 1. The van der Waals surface area contributed by atoms with Gasteiger partial charge in [-0.25, -0.2) is 0 Å². The third-order valence-electron chi connectivity index (χ3n) is 15.1. The van der Waals surface area contributed by atoms with E-state index in [2.05, 4.69) is 31.3 Å². The first-order valence-electron chi connectivity index (χ1n) is 31.9. The summed E-state index contributed by atoms with van der Waals surface area (Å²) in [6.07, 6.45) is 72.3. The Hall–Kier alpha value is -1.40. The van der Waals surface area contributed by atoms with Crippen LogP contribution in [0, 0.1) is 0 Å². The van der Waals surface area contributed by atoms with Gasteiger partial charge in [0.1, 0.15) is 0 Å². The van der Waals surface area contributed by atoms with Crippen LogP contribution in [0.15, 0.2) is 12.2 Å². The Kier molecular flexibility index (Phi) is 59.0. The molecule has 0 bridgehead atoms. The van der Waals surface area contributed by atoms with Crippen LogP contribution in [0.2, 0.25) is 0 Å². The van der Waals surface area contributed by atoms with Gasteiger partial charge in [-0.3, -0.25) is 9.59 Å². The highest BCUT2D eigenvalue weighted by Gasteiger charge is 2.20. The van der Waals surface area contributed by atoms with E-state index < -0.39 is 12.1 Å². The number of unbranched alkanes of at least 4 members (excludes halogenated alkanes) is 47. The normalized spacial score (nSPS) is 12.6. The molecule has 70 heavy (non-hydrogen) atoms. The summed E-state index contributed by atoms with van der Waals surface area (Å²) in [5.41, 5.74) is 0. The fourth-order valence-electron chi connectivity index (χ4n) is 10.2. The van der Waals surface area contributed by atoms with E-state index in [0.29, 0.717) is 25.9 Å². The average Bonchev–Trinajstić information content (AvgIpc) is 3.36. The van der Waals surface area contributed by atoms with Gasteiger partial charge < -0.3 is 20.3 Å². The summed E-state index contributed by atoms with van der Waals surface area (Å²) >= 11 is 0. The SMILES string of the molecule is CCCCCCCC/C=C\CCCCCCCCCC(=O)OCCCCCCCCCCCCCCCCCCCCCCCCCCC(=O)NC(CO)C(O)CCCCCCCCCCCCCC. The standard InChI is InChI=1S/C64H125NO5/c1-3-5-7-9-11-13-15-17-18-27-31-34-38-42-46-50-54-58-64(69)70-59-55-51-47-43-39-35-32-29-26-24-22-20-19-21-23-25-28-30-33-37-41-45-49-53-57-63(68)65-61(60-66)62(67)56-52-48-44-40-36-16-14-12-10-8-6-4-2/h17-18,61-62,66-67H,3-16,19-60H2,1-2H3,(H,65,68)/b18-17-. The molecule has 0 saturated heterocycles. The third kappa shape index (κ3) is 55.9. The predicted molar refractivity (Wildman–Crippen MR) is 306 cm³/mol. The zero-order chi connectivity index (χ0) is 50.7. The molecule has 6 heteroatoms. The number of allylic oxidation sites excluding steroid dienone is 2. The molecule has 0 fully saturated rings. The van der Waals surface area contributed by atoms with Gasteiger partial charge in [0.25, 0.3) is 0 Å². The molecule has 6 nitrogen and oxygen atoms in total. The van der Waals surface area contributed by atoms with E-state index in [1.807, 2.05) is 0 Å². The second kappa shape index (κ2) is 60.2. The second-order valence-electron chi connectivity index (χ2n) is 22.1. The van der Waals surface area contributed by atoms with Crippen molar-refractivity contribution in [1.82, 2.24) is 5.32 Å². The molecule has 0 radical (unpaired) electrons. The van der Waals surface area contributed by atoms with Crippen LogP contribution in [0.5, 0.6) is 0 Å². The number of nitrogens with one attached hydrogen (secondary N) is 1. The quantitative estimate of drug-likeness (QED) is 0.0321. The van der Waals surface area contributed by atoms with Crippen molar-refractivity contribution in [1.29, 1.82) is 0 Å². The van der Waals surface area contributed by atoms with Gasteiger partial charge in [-0.1, -0.05) is 309 Å². The lowest BCUT2D eigenvalue weighted by atomic mass is 10.0. The fourth-order valence-corrected chi connectivity index (χ4v) is 10.2. The Morgan fingerprint density at radius 1 is 0.386 bits per heavy atom. The maximum absolute atomic E-state index is 12.5. The van der Waals surface area contributed by atoms with Crippen molar-refractivity contribution in [3.05, 3.63) is 12.2 Å². The number of hydrogen-bond acceptors (Lipinski definition) is 5. The molecule has 0 aromatic heterocycles. The minimum Gasteiger partial charge on any atom is -0.466 e. The van der Waals surface area contributed by atoms with Crippen molar-refractivity contribution in [2.75, 3.05) is 13.2 Å². The molecule has 2 unspecified atom stereocenters. The van der Waals surface area contributed by atoms with Crippen LogP contribution in [0.4, 0.5) is 0 Å². The molecule has 0 saturated carbocycles. The molecule has 1 amide bonds. The Bertz CT molecular complexity index is 1050. The number of carbonyl (C=O) groups excluding carboxylic acids is 2. The summed E-state index contributed by atoms with van der Waals surface area (Å²) in [7, 11) is 0. The molecule has 0 heterocycles. The molecule has 0 aromatic rings. The Labute approximate surface area is 438 Å². The zero-order valence-corrected chi connectivity index (χ0v) is 47.5. The predicted octanol–water partition coefficient (Wildman–Crippen LogP) is 20.0. The van der Waals surface area contributed by atoms with E-state index in [0.717, 1.165) is 44.9 Å². The Morgan fingerprint density at radius 3 is 1.01 bits per heavy atom. The first-order valence-corrected chi connectivity index (χ1v) is 31.9. The largest absolute Gasteiger partial charge is 0.466 e. The molecule has 3 N–H and O–H groups in total. The highest BCUT2D eigenvalue weighted by Crippen LogP contribution is 2.18. The summed E-state index contributed by atoms with van der Waals surface area (Å²) in [5.74, 6) is -0.0197. The minimum absolute atomic E-state index is 0.0128. The Balaban J connectivity index is 3.33. The Morgan fingerprint density at radius 2 is 0.671 bits per heavy atom. The summed E-state index contributed by atoms with van der Waals surface area (Å²) < 4.78 is 5.50. The van der Waals surface area contributed by atoms with Gasteiger partial charge in [-0.2, -0.15) is 0 Å². The van der Waals surface area contributed by atoms with Gasteiger partial charge in [-0.05, 0) is 51.4 Å². The summed E-state index contributed by atoms with van der Waals surface area (Å²) in [6, 6.07) is -0.539. The molecular formula is C64H125NO5. The monoisotopic (exact) mass is 988 g/mol. The number of amides is 1. The van der Waals surface area contributed by atoms with Crippen molar-refractivity contribution < 1.29 is 24.5 Å². The van der Waals surface area contributed by atoms with Crippen LogP contribution in [-0.2, 0) is 14.3 Å². The van der Waals surface area contributed by atoms with Crippen LogP contribution < -0.4 is 5.32 Å². The van der Waals surface area contributed by atoms with Crippen LogP contribution in [0.3, 0.4) is 0 Å². The molecule has 0 aromatic carbocycles. The first-order chi connectivity index (χ1) is 34.5. The minimum atomic E-state index is -0.661. The summed E-state index contributed by atoms with van der Waals surface area (Å²) in [6.45, 7) is 4.97. The molecule has 0 aliphatic carbocycles. The van der Waals surface area contributed by atoms with E-state index >= 15 is 0 Å². The van der Waals surface area contributed by atoms with Crippen molar-refractivity contribution >= 4 is 11.9 Å². The molecule has 2 atom stereocenters. The second-order valence-corrected chi connectivity index (χ2v) is 22.1. The molecule has 0 aliphatic rings. The highest BCUT2D eigenvalue weighted by atomic mass is 16.5. The van der Waals surface area contributed by atoms with Crippen LogP contribution >= 0.6 is 0 Å². The smallest absolute Gasteiger partial charge is 0.305 e. The van der Waals surface area contributed by atoms with E-state index in [1.165, 1.54) is 283 Å². The van der Waals surface area contributed by atoms with Crippen LogP contribution in [0.25, 0.3) is 0 Å². The van der Waals surface area contributed by atoms with E-state index in [-0.39, 0.29) is 18.5 Å². The van der Waals surface area contributed by atoms with Gasteiger partial charge in [0.05, 0.1) is 25.4 Å². The summed E-state index contributed by atoms with van der Waals surface area (Å²) in [5, 5.41) is 23.2. The highest BCUT2D eigenvalue weighted by molar-refractivity contribution is 5.76. The van der Waals surface area contributed by atoms with Crippen molar-refractivity contribution in [2.45, 2.75) is 373 Å². The number of esters is 1. The van der Waals surface area contributed by atoms with Crippen molar-refractivity contribution in [3.63, 3.8) is 0 Å². The van der Waals surface area contributed by atoms with Crippen molar-refractivity contribution in [2.24, 2.45) is 0 Å². The van der Waals surface area contributed by atoms with Gasteiger partial charge in [0, 0.05) is 12.8 Å². The van der Waals surface area contributed by atoms with Crippen LogP contribution in [-0.4, -0.2) is 47.4 Å². The first kappa shape index (κ1) is 68.6. The number of rotatable bonds is 60.